The van der Waals surface area contributed by atoms with Gasteiger partial charge in [-0.1, -0.05) is 32.0 Å². The zero-order chi connectivity index (χ0) is 24.2. The number of rotatable bonds is 10. The van der Waals surface area contributed by atoms with Gasteiger partial charge in [0.2, 0.25) is 0 Å². The average molecular weight is 538 g/mol. The Kier molecular flexibility index (Phi) is 11.1. The Morgan fingerprint density at radius 1 is 1.06 bits per heavy atom. The van der Waals surface area contributed by atoms with Crippen LogP contribution in [0.25, 0.3) is 0 Å². The Balaban J connectivity index is 1.80. The number of ether oxygens (including phenoxy) is 3. The van der Waals surface area contributed by atoms with Crippen molar-refractivity contribution < 1.29 is 23.8 Å². The lowest BCUT2D eigenvalue weighted by Gasteiger charge is -2.16. The van der Waals surface area contributed by atoms with E-state index in [4.69, 9.17) is 26.4 Å². The highest BCUT2D eigenvalue weighted by Crippen LogP contribution is 2.28. The Hall–Kier alpha value is -2.69. The number of hydrogen-bond donors (Lipinski definition) is 3. The fourth-order valence-electron chi connectivity index (χ4n) is 2.75. The molecular weight excluding hydrogens is 510 g/mol. The third kappa shape index (κ3) is 8.64. The van der Waals surface area contributed by atoms with E-state index in [1.54, 1.807) is 25.3 Å². The maximum Gasteiger partial charge on any atom is 0.276 e. The van der Waals surface area contributed by atoms with E-state index in [0.717, 1.165) is 12.0 Å². The number of methoxy groups -OCH3 is 1. The third-order valence-electron chi connectivity index (χ3n) is 4.70. The van der Waals surface area contributed by atoms with Gasteiger partial charge in [-0.25, -0.2) is 0 Å². The molecule has 2 aromatic carbocycles. The zero-order valence-electron chi connectivity index (χ0n) is 18.8. The van der Waals surface area contributed by atoms with Crippen LogP contribution >= 0.6 is 28.1 Å². The van der Waals surface area contributed by atoms with E-state index in [9.17, 15) is 9.59 Å². The number of para-hydroxylation sites is 1. The van der Waals surface area contributed by atoms with Crippen LogP contribution in [0.1, 0.15) is 42.1 Å². The van der Waals surface area contributed by atoms with Crippen LogP contribution in [0.4, 0.5) is 0 Å². The second kappa shape index (κ2) is 13.8. The molecule has 2 rings (SSSR count). The second-order valence-corrected chi connectivity index (χ2v) is 8.34. The van der Waals surface area contributed by atoms with E-state index in [2.05, 4.69) is 45.9 Å². The maximum atomic E-state index is 12.4. The summed E-state index contributed by atoms with van der Waals surface area (Å²) in [6.07, 6.45) is 0.961. The fraction of sp³-hybridized carbons (Fsp3) is 0.348. The molecule has 3 N–H and O–H groups in total. The molecule has 8 nitrogen and oxygen atoms in total. The lowest BCUT2D eigenvalue weighted by molar-refractivity contribution is -0.123. The van der Waals surface area contributed by atoms with Crippen LogP contribution < -0.4 is 25.6 Å². The number of nitrogens with one attached hydrogen (secondary N) is 3. The van der Waals surface area contributed by atoms with E-state index < -0.39 is 11.8 Å². The van der Waals surface area contributed by atoms with Crippen LogP contribution in [0.2, 0.25) is 0 Å². The van der Waals surface area contributed by atoms with Crippen molar-refractivity contribution in [2.24, 2.45) is 0 Å². The molecule has 0 aliphatic carbocycles. The number of benzene rings is 2. The SMILES string of the molecule is CCC(C)c1ccccc1OCC(=O)NNC(=S)NC(=O)c1ccc(OCCOC)c(Br)c1. The summed E-state index contributed by atoms with van der Waals surface area (Å²) < 4.78 is 16.8. The van der Waals surface area contributed by atoms with E-state index in [-0.39, 0.29) is 11.7 Å². The van der Waals surface area contributed by atoms with Gasteiger partial charge in [-0.2, -0.15) is 0 Å². The first-order chi connectivity index (χ1) is 15.8. The van der Waals surface area contributed by atoms with Gasteiger partial charge in [-0.15, -0.1) is 0 Å². The predicted octanol–water partition coefficient (Wildman–Crippen LogP) is 3.70. The van der Waals surface area contributed by atoms with Crippen molar-refractivity contribution in [1.82, 2.24) is 16.2 Å². The van der Waals surface area contributed by atoms with Gasteiger partial charge in [0.15, 0.2) is 11.7 Å². The Bertz CT molecular complexity index is 973. The van der Waals surface area contributed by atoms with Gasteiger partial charge >= 0.3 is 0 Å². The summed E-state index contributed by atoms with van der Waals surface area (Å²) in [6, 6.07) is 12.5. The van der Waals surface area contributed by atoms with E-state index in [1.807, 2.05) is 24.3 Å². The monoisotopic (exact) mass is 537 g/mol. The molecule has 0 aliphatic rings. The lowest BCUT2D eigenvalue weighted by Crippen LogP contribution is -2.49. The number of thiocarbonyl (C=S) groups is 1. The van der Waals surface area contributed by atoms with Crippen molar-refractivity contribution in [3.8, 4) is 11.5 Å². The first-order valence-corrected chi connectivity index (χ1v) is 11.6. The topological polar surface area (TPSA) is 97.9 Å². The molecule has 178 valence electrons. The molecule has 33 heavy (non-hydrogen) atoms. The molecule has 0 bridgehead atoms. The molecule has 0 aromatic heterocycles. The molecule has 0 fully saturated rings. The summed E-state index contributed by atoms with van der Waals surface area (Å²) in [5.41, 5.74) is 6.32. The normalized spacial score (nSPS) is 11.3. The van der Waals surface area contributed by atoms with Crippen LogP contribution in [-0.2, 0) is 9.53 Å². The molecule has 0 heterocycles. The summed E-state index contributed by atoms with van der Waals surface area (Å²) in [7, 11) is 1.59. The van der Waals surface area contributed by atoms with E-state index in [1.165, 1.54) is 0 Å². The third-order valence-corrected chi connectivity index (χ3v) is 5.53. The second-order valence-electron chi connectivity index (χ2n) is 7.08. The first kappa shape index (κ1) is 26.6. The molecule has 0 saturated carbocycles. The lowest BCUT2D eigenvalue weighted by atomic mass is 9.98. The van der Waals surface area contributed by atoms with Gasteiger partial charge in [-0.3, -0.25) is 25.8 Å². The Labute approximate surface area is 207 Å². The van der Waals surface area contributed by atoms with Crippen LogP contribution in [0.15, 0.2) is 46.9 Å². The molecule has 0 radical (unpaired) electrons. The van der Waals surface area contributed by atoms with Crippen molar-refractivity contribution in [3.05, 3.63) is 58.1 Å². The molecule has 0 saturated heterocycles. The fourth-order valence-corrected chi connectivity index (χ4v) is 3.38. The van der Waals surface area contributed by atoms with Gasteiger partial charge < -0.3 is 14.2 Å². The highest BCUT2D eigenvalue weighted by molar-refractivity contribution is 9.10. The van der Waals surface area contributed by atoms with Crippen molar-refractivity contribution in [1.29, 1.82) is 0 Å². The van der Waals surface area contributed by atoms with Crippen LogP contribution in [-0.4, -0.2) is 43.9 Å². The highest BCUT2D eigenvalue weighted by Gasteiger charge is 2.13. The minimum Gasteiger partial charge on any atom is -0.490 e. The molecule has 10 heteroatoms. The number of halogens is 1. The van der Waals surface area contributed by atoms with E-state index >= 15 is 0 Å². The van der Waals surface area contributed by atoms with Crippen molar-refractivity contribution in [2.45, 2.75) is 26.2 Å². The first-order valence-electron chi connectivity index (χ1n) is 10.4. The zero-order valence-corrected chi connectivity index (χ0v) is 21.2. The van der Waals surface area contributed by atoms with Crippen LogP contribution in [0.5, 0.6) is 11.5 Å². The molecule has 0 aliphatic heterocycles. The molecule has 0 spiro atoms. The van der Waals surface area contributed by atoms with Crippen LogP contribution in [0.3, 0.4) is 0 Å². The molecule has 2 amide bonds. The Morgan fingerprint density at radius 2 is 1.82 bits per heavy atom. The quantitative estimate of drug-likeness (QED) is 0.241. The average Bonchev–Trinajstić information content (AvgIpc) is 2.82. The minimum atomic E-state index is -0.440. The Morgan fingerprint density at radius 3 is 2.52 bits per heavy atom. The van der Waals surface area contributed by atoms with Crippen molar-refractivity contribution >= 4 is 45.1 Å². The minimum absolute atomic E-state index is 0.0510. The summed E-state index contributed by atoms with van der Waals surface area (Å²) in [4.78, 5) is 24.5. The number of hydrazine groups is 1. The predicted molar refractivity (Wildman–Crippen MR) is 133 cm³/mol. The van der Waals surface area contributed by atoms with Gasteiger partial charge in [0.25, 0.3) is 11.8 Å². The van der Waals surface area contributed by atoms with Crippen molar-refractivity contribution in [3.63, 3.8) is 0 Å². The highest BCUT2D eigenvalue weighted by atomic mass is 79.9. The largest absolute Gasteiger partial charge is 0.490 e. The maximum absolute atomic E-state index is 12.4. The van der Waals surface area contributed by atoms with Crippen LogP contribution in [0, 0.1) is 0 Å². The molecular formula is C23H28BrN3O5S. The summed E-state index contributed by atoms with van der Waals surface area (Å²) >= 11 is 8.45. The molecule has 1 atom stereocenters. The van der Waals surface area contributed by atoms with Gasteiger partial charge in [0, 0.05) is 12.7 Å². The van der Waals surface area contributed by atoms with Gasteiger partial charge in [-0.05, 0) is 70.3 Å². The number of carbonyl (C=O) groups excluding carboxylic acids is 2. The van der Waals surface area contributed by atoms with Gasteiger partial charge in [0.05, 0.1) is 11.1 Å². The number of amides is 2. The van der Waals surface area contributed by atoms with Gasteiger partial charge in [0.1, 0.15) is 18.1 Å². The smallest absolute Gasteiger partial charge is 0.276 e. The van der Waals surface area contributed by atoms with Crippen molar-refractivity contribution in [2.75, 3.05) is 26.9 Å². The summed E-state index contributed by atoms with van der Waals surface area (Å²) in [6.45, 7) is 4.84. The standard InChI is InChI=1S/C23H28BrN3O5S/c1-4-15(2)17-7-5-6-8-19(17)32-14-21(28)26-27-23(33)25-22(29)16-9-10-20(18(24)13-16)31-12-11-30-3/h5-10,13,15H,4,11-12,14H2,1-3H3,(H,26,28)(H2,25,27,29,33). The molecule has 1 unspecified atom stereocenters. The summed E-state index contributed by atoms with van der Waals surface area (Å²) in [5, 5.41) is 2.45. The number of hydrogen-bond acceptors (Lipinski definition) is 6. The number of carbonyl (C=O) groups is 2. The van der Waals surface area contributed by atoms with E-state index in [0.29, 0.717) is 40.7 Å². The summed E-state index contributed by atoms with van der Waals surface area (Å²) in [5.74, 6) is 0.691. The molecule has 2 aromatic rings.